The molecule has 0 spiro atoms. The zero-order chi connectivity index (χ0) is 30.5. The van der Waals surface area contributed by atoms with Gasteiger partial charge in [0.25, 0.3) is 0 Å². The number of fused-ring (bicyclic) bond motifs is 9. The Kier molecular flexibility index (Phi) is 7.02. The van der Waals surface area contributed by atoms with Gasteiger partial charge in [0.15, 0.2) is 0 Å². The number of nitrogens with one attached hydrogen (secondary N) is 1. The first-order valence-electron chi connectivity index (χ1n) is 18.2. The van der Waals surface area contributed by atoms with Crippen LogP contribution < -0.4 is 5.32 Å². The summed E-state index contributed by atoms with van der Waals surface area (Å²) in [5.41, 5.74) is 4.26. The lowest BCUT2D eigenvalue weighted by atomic mass is 9.37. The molecular weight excluding hydrogens is 544 g/mol. The highest BCUT2D eigenvalue weighted by molar-refractivity contribution is 5.88. The number of hydrogen-bond donors (Lipinski definition) is 2. The third-order valence-electron chi connectivity index (χ3n) is 15.4. The molecule has 1 aromatic carbocycles. The lowest BCUT2D eigenvalue weighted by Gasteiger charge is -2.68. The SMILES string of the molecule is CC1(C)C(c2ccc(C(=O)O)cc2)=CCC2(C)C1CCC1(C)C3CCC4(NCCN5CC6CC5CO6)CCC[C@@H]4C3CCC12. The van der Waals surface area contributed by atoms with E-state index in [4.69, 9.17) is 4.74 Å². The van der Waals surface area contributed by atoms with Crippen molar-refractivity contribution in [3.63, 3.8) is 0 Å². The molecule has 2 bridgehead atoms. The third-order valence-corrected chi connectivity index (χ3v) is 15.4. The van der Waals surface area contributed by atoms with Gasteiger partial charge < -0.3 is 15.2 Å². The number of rotatable bonds is 6. The second-order valence-corrected chi connectivity index (χ2v) is 17.4. The van der Waals surface area contributed by atoms with Crippen LogP contribution in [0.2, 0.25) is 0 Å². The van der Waals surface area contributed by atoms with Crippen LogP contribution in [0, 0.1) is 45.8 Å². The quantitative estimate of drug-likeness (QED) is 0.351. The van der Waals surface area contributed by atoms with Gasteiger partial charge in [-0.3, -0.25) is 4.90 Å². The summed E-state index contributed by atoms with van der Waals surface area (Å²) in [7, 11) is 0. The summed E-state index contributed by atoms with van der Waals surface area (Å²) in [5, 5.41) is 13.7. The van der Waals surface area contributed by atoms with E-state index in [0.29, 0.717) is 40.0 Å². The summed E-state index contributed by atoms with van der Waals surface area (Å²) < 4.78 is 5.86. The van der Waals surface area contributed by atoms with Crippen LogP contribution in [0.4, 0.5) is 0 Å². The molecule has 0 aromatic heterocycles. The summed E-state index contributed by atoms with van der Waals surface area (Å²) in [6, 6.07) is 8.34. The van der Waals surface area contributed by atoms with E-state index in [-0.39, 0.29) is 5.41 Å². The largest absolute Gasteiger partial charge is 0.478 e. The number of morpholine rings is 1. The summed E-state index contributed by atoms with van der Waals surface area (Å²) in [6.07, 6.45) is 18.1. The standard InChI is InChI=1S/C39H56N2O3/c1-36(2)30(25-7-9-26(10-8-25)35(42)43)13-17-38(4)33(36)15-18-37(3)31-14-19-39(16-5-6-32(39)29(31)11-12-34(37)38)40-20-21-41-23-28-22-27(41)24-44-28/h7-10,13,27-29,31-34,40H,5-6,11-12,14-24H2,1-4H3,(H,42,43)/t27?,28?,29?,31?,32-,33?,34?,37?,38?,39?/m1/s1. The van der Waals surface area contributed by atoms with Crippen LogP contribution in [0.5, 0.6) is 0 Å². The van der Waals surface area contributed by atoms with Gasteiger partial charge in [0.2, 0.25) is 0 Å². The van der Waals surface area contributed by atoms with Crippen molar-refractivity contribution in [2.45, 2.75) is 116 Å². The molecule has 10 atom stereocenters. The molecule has 7 aliphatic rings. The molecule has 2 saturated heterocycles. The van der Waals surface area contributed by atoms with Crippen LogP contribution in [-0.2, 0) is 4.74 Å². The Bertz CT molecular complexity index is 1320. The van der Waals surface area contributed by atoms with Crippen LogP contribution in [0.3, 0.4) is 0 Å². The van der Waals surface area contributed by atoms with Crippen molar-refractivity contribution in [1.82, 2.24) is 10.2 Å². The number of allylic oxidation sites excluding steroid dienone is 2. The topological polar surface area (TPSA) is 61.8 Å². The summed E-state index contributed by atoms with van der Waals surface area (Å²) in [6.45, 7) is 14.8. The lowest BCUT2D eigenvalue weighted by Crippen LogP contribution is -2.63. The molecular formula is C39H56N2O3. The number of nitrogens with zero attached hydrogens (tertiary/aromatic N) is 1. The van der Waals surface area contributed by atoms with Crippen molar-refractivity contribution in [3.8, 4) is 0 Å². The van der Waals surface area contributed by atoms with Crippen LogP contribution in [-0.4, -0.2) is 59.9 Å². The van der Waals surface area contributed by atoms with Gasteiger partial charge in [0, 0.05) is 31.2 Å². The van der Waals surface area contributed by atoms with Crippen molar-refractivity contribution >= 4 is 11.5 Å². The van der Waals surface area contributed by atoms with Crippen LogP contribution in [0.25, 0.3) is 5.57 Å². The number of likely N-dealkylation sites (tertiary alicyclic amines) is 1. The number of carboxylic acid groups (broad SMARTS) is 1. The Balaban J connectivity index is 1.00. The second kappa shape index (κ2) is 10.4. The van der Waals surface area contributed by atoms with Crippen molar-refractivity contribution in [3.05, 3.63) is 41.5 Å². The number of hydrogen-bond acceptors (Lipinski definition) is 4. The van der Waals surface area contributed by atoms with E-state index in [1.54, 1.807) is 12.1 Å². The fourth-order valence-electron chi connectivity index (χ4n) is 13.6. The predicted molar refractivity (Wildman–Crippen MR) is 175 cm³/mol. The average Bonchev–Trinajstić information content (AvgIpc) is 3.73. The smallest absolute Gasteiger partial charge is 0.335 e. The minimum absolute atomic E-state index is 0.0774. The van der Waals surface area contributed by atoms with E-state index in [1.165, 1.54) is 81.9 Å². The highest BCUT2D eigenvalue weighted by Crippen LogP contribution is 2.72. The van der Waals surface area contributed by atoms with Crippen LogP contribution in [0.15, 0.2) is 30.3 Å². The van der Waals surface area contributed by atoms with E-state index < -0.39 is 5.97 Å². The summed E-state index contributed by atoms with van der Waals surface area (Å²) in [4.78, 5) is 14.2. The summed E-state index contributed by atoms with van der Waals surface area (Å²) >= 11 is 0. The Morgan fingerprint density at radius 2 is 1.77 bits per heavy atom. The molecule has 2 heterocycles. The molecule has 0 radical (unpaired) electrons. The number of benzene rings is 1. The summed E-state index contributed by atoms with van der Waals surface area (Å²) in [5.74, 6) is 3.24. The molecule has 0 amide bonds. The zero-order valence-corrected chi connectivity index (χ0v) is 27.7. The van der Waals surface area contributed by atoms with Gasteiger partial charge >= 0.3 is 5.97 Å². The number of aromatic carboxylic acids is 1. The molecule has 8 rings (SSSR count). The van der Waals surface area contributed by atoms with E-state index in [0.717, 1.165) is 49.8 Å². The van der Waals surface area contributed by atoms with Gasteiger partial charge in [-0.1, -0.05) is 52.3 Å². The van der Waals surface area contributed by atoms with Gasteiger partial charge in [-0.2, -0.15) is 0 Å². The second-order valence-electron chi connectivity index (χ2n) is 17.4. The Labute approximate surface area is 265 Å². The normalized spacial score (nSPS) is 45.6. The van der Waals surface area contributed by atoms with Gasteiger partial charge in [-0.15, -0.1) is 0 Å². The molecule has 4 saturated carbocycles. The highest BCUT2D eigenvalue weighted by Gasteiger charge is 2.65. The number of ether oxygens (including phenoxy) is 1. The maximum absolute atomic E-state index is 11.5. The Hall–Kier alpha value is -1.69. The maximum atomic E-state index is 11.5. The highest BCUT2D eigenvalue weighted by atomic mass is 16.5. The Morgan fingerprint density at radius 3 is 2.50 bits per heavy atom. The van der Waals surface area contributed by atoms with Crippen molar-refractivity contribution in [1.29, 1.82) is 0 Å². The zero-order valence-electron chi connectivity index (χ0n) is 27.7. The van der Waals surface area contributed by atoms with Crippen molar-refractivity contribution < 1.29 is 14.6 Å². The van der Waals surface area contributed by atoms with Crippen molar-refractivity contribution in [2.75, 3.05) is 26.2 Å². The molecule has 5 aliphatic carbocycles. The van der Waals surface area contributed by atoms with Crippen LogP contribution in [0.1, 0.15) is 114 Å². The molecule has 6 fully saturated rings. The molecule has 9 unspecified atom stereocenters. The van der Waals surface area contributed by atoms with Gasteiger partial charge in [-0.05, 0) is 133 Å². The van der Waals surface area contributed by atoms with E-state index >= 15 is 0 Å². The van der Waals surface area contributed by atoms with E-state index in [1.807, 2.05) is 12.1 Å². The van der Waals surface area contributed by atoms with E-state index in [2.05, 4.69) is 44.0 Å². The molecule has 2 N–H and O–H groups in total. The number of carboxylic acids is 1. The van der Waals surface area contributed by atoms with Gasteiger partial charge in [0.05, 0.1) is 18.3 Å². The molecule has 5 heteroatoms. The minimum atomic E-state index is -0.847. The monoisotopic (exact) mass is 600 g/mol. The third kappa shape index (κ3) is 4.30. The average molecular weight is 601 g/mol. The lowest BCUT2D eigenvalue weighted by molar-refractivity contribution is -0.172. The minimum Gasteiger partial charge on any atom is -0.478 e. The van der Waals surface area contributed by atoms with E-state index in [9.17, 15) is 9.90 Å². The van der Waals surface area contributed by atoms with Crippen molar-refractivity contribution in [2.24, 2.45) is 45.8 Å². The Morgan fingerprint density at radius 1 is 0.955 bits per heavy atom. The van der Waals surface area contributed by atoms with Gasteiger partial charge in [-0.25, -0.2) is 4.79 Å². The molecule has 5 nitrogen and oxygen atoms in total. The predicted octanol–water partition coefficient (Wildman–Crippen LogP) is 7.66. The fourth-order valence-corrected chi connectivity index (χ4v) is 13.6. The first-order chi connectivity index (χ1) is 21.1. The first-order valence-corrected chi connectivity index (χ1v) is 18.2. The first kappa shape index (κ1) is 29.7. The molecule has 1 aromatic rings. The van der Waals surface area contributed by atoms with Crippen LogP contribution >= 0.6 is 0 Å². The molecule has 44 heavy (non-hydrogen) atoms. The van der Waals surface area contributed by atoms with Gasteiger partial charge in [0.1, 0.15) is 0 Å². The fraction of sp³-hybridized carbons (Fsp3) is 0.769. The maximum Gasteiger partial charge on any atom is 0.335 e. The molecule has 2 aliphatic heterocycles. The molecule has 240 valence electrons. The number of carbonyl (C=O) groups is 1.